The summed E-state index contributed by atoms with van der Waals surface area (Å²) in [6, 6.07) is 5.82. The molecule has 202 valence electrons. The Bertz CT molecular complexity index is 1600. The van der Waals surface area contributed by atoms with Crippen LogP contribution in [0, 0.1) is 25.5 Å². The van der Waals surface area contributed by atoms with Crippen molar-refractivity contribution in [2.45, 2.75) is 33.5 Å². The highest BCUT2D eigenvalue weighted by Crippen LogP contribution is 2.27. The first-order valence-corrected chi connectivity index (χ1v) is 12.6. The molecular weight excluding hydrogens is 530 g/mol. The summed E-state index contributed by atoms with van der Waals surface area (Å²) in [5.74, 6) is -1.01. The molecule has 0 amide bonds. The first kappa shape index (κ1) is 26.6. The fourth-order valence-corrected chi connectivity index (χ4v) is 4.51. The molecule has 5 rings (SSSR count). The maximum Gasteiger partial charge on any atom is 0.277 e. The lowest BCUT2D eigenvalue weighted by molar-refractivity contribution is 0.0526. The summed E-state index contributed by atoms with van der Waals surface area (Å²) in [5.41, 5.74) is 2.36. The molecule has 1 fully saturated rings. The van der Waals surface area contributed by atoms with Gasteiger partial charge in [-0.3, -0.25) is 19.3 Å². The second kappa shape index (κ2) is 11.0. The number of hydrogen-bond donors (Lipinski definition) is 0. The first-order valence-electron chi connectivity index (χ1n) is 12.2. The number of nitrogens with zero attached hydrogens (tertiary/aromatic N) is 6. The van der Waals surface area contributed by atoms with Gasteiger partial charge in [-0.25, -0.2) is 18.7 Å². The minimum atomic E-state index is -0.855. The van der Waals surface area contributed by atoms with Crippen LogP contribution in [0.15, 0.2) is 47.7 Å². The van der Waals surface area contributed by atoms with Crippen molar-refractivity contribution in [3.63, 3.8) is 0 Å². The van der Waals surface area contributed by atoms with Gasteiger partial charge in [0.25, 0.3) is 5.56 Å². The molecular formula is C27H25ClF2N6O3. The van der Waals surface area contributed by atoms with Gasteiger partial charge in [0.05, 0.1) is 36.0 Å². The molecule has 0 spiro atoms. The third kappa shape index (κ3) is 5.59. The number of hydrogen-bond acceptors (Lipinski definition) is 8. The Morgan fingerprint density at radius 1 is 1.13 bits per heavy atom. The molecule has 0 aliphatic carbocycles. The van der Waals surface area contributed by atoms with Crippen LogP contribution in [0.25, 0.3) is 17.1 Å². The lowest BCUT2D eigenvalue weighted by atomic mass is 10.1. The van der Waals surface area contributed by atoms with Crippen molar-refractivity contribution < 1.29 is 18.3 Å². The molecule has 0 bridgehead atoms. The van der Waals surface area contributed by atoms with Crippen LogP contribution in [-0.4, -0.2) is 50.3 Å². The van der Waals surface area contributed by atoms with Crippen molar-refractivity contribution in [2.75, 3.05) is 24.6 Å². The molecule has 39 heavy (non-hydrogen) atoms. The molecule has 0 aromatic carbocycles. The van der Waals surface area contributed by atoms with E-state index in [1.807, 2.05) is 13.8 Å². The average molecular weight is 555 g/mol. The van der Waals surface area contributed by atoms with Gasteiger partial charge >= 0.3 is 0 Å². The molecule has 1 aliphatic rings. The molecule has 0 saturated carbocycles. The summed E-state index contributed by atoms with van der Waals surface area (Å²) >= 11 is 6.39. The number of ether oxygens (including phenoxy) is 2. The summed E-state index contributed by atoms with van der Waals surface area (Å²) in [6.45, 7) is 7.20. The molecule has 1 saturated heterocycles. The highest BCUT2D eigenvalue weighted by Gasteiger charge is 2.21. The molecule has 0 unspecified atom stereocenters. The van der Waals surface area contributed by atoms with Crippen LogP contribution < -0.4 is 15.2 Å². The van der Waals surface area contributed by atoms with E-state index in [0.717, 1.165) is 11.8 Å². The van der Waals surface area contributed by atoms with Crippen LogP contribution >= 0.6 is 11.6 Å². The topological polar surface area (TPSA) is 95.3 Å². The first-order chi connectivity index (χ1) is 18.7. The third-order valence-corrected chi connectivity index (χ3v) is 6.64. The Kier molecular flexibility index (Phi) is 7.53. The molecule has 9 nitrogen and oxygen atoms in total. The van der Waals surface area contributed by atoms with Crippen molar-refractivity contribution in [3.8, 4) is 22.8 Å². The smallest absolute Gasteiger partial charge is 0.277 e. The lowest BCUT2D eigenvalue weighted by Crippen LogP contribution is -2.42. The molecule has 0 radical (unpaired) electrons. The van der Waals surface area contributed by atoms with Crippen LogP contribution in [-0.2, 0) is 11.3 Å². The SMILES string of the molecule is Cc1cnc(-c2ccnc(N3CCO[C@@H](C)C3)n2)cc1-n1c(C)cc(OCc2ncc(F)cc2F)c(Cl)c1=O. The zero-order valence-corrected chi connectivity index (χ0v) is 22.2. The van der Waals surface area contributed by atoms with Crippen molar-refractivity contribution >= 4 is 17.5 Å². The lowest BCUT2D eigenvalue weighted by Gasteiger charge is -2.31. The van der Waals surface area contributed by atoms with Gasteiger partial charge in [0.2, 0.25) is 5.95 Å². The predicted molar refractivity (Wildman–Crippen MR) is 141 cm³/mol. The zero-order valence-electron chi connectivity index (χ0n) is 21.5. The van der Waals surface area contributed by atoms with Crippen LogP contribution in [0.5, 0.6) is 5.75 Å². The Balaban J connectivity index is 1.46. The van der Waals surface area contributed by atoms with Gasteiger partial charge in [0.1, 0.15) is 28.9 Å². The fourth-order valence-electron chi connectivity index (χ4n) is 4.32. The summed E-state index contributed by atoms with van der Waals surface area (Å²) in [4.78, 5) is 32.8. The van der Waals surface area contributed by atoms with Gasteiger partial charge in [-0.15, -0.1) is 0 Å². The van der Waals surface area contributed by atoms with Gasteiger partial charge in [-0.05, 0) is 38.5 Å². The predicted octanol–water partition coefficient (Wildman–Crippen LogP) is 4.44. The number of anilines is 1. The summed E-state index contributed by atoms with van der Waals surface area (Å²) < 4.78 is 39.8. The van der Waals surface area contributed by atoms with Gasteiger partial charge in [0.15, 0.2) is 5.82 Å². The minimum absolute atomic E-state index is 0.0630. The van der Waals surface area contributed by atoms with Crippen molar-refractivity contribution in [1.29, 1.82) is 0 Å². The number of morpholine rings is 1. The molecule has 1 atom stereocenters. The van der Waals surface area contributed by atoms with Crippen LogP contribution in [0.2, 0.25) is 5.02 Å². The van der Waals surface area contributed by atoms with Crippen LogP contribution in [0.4, 0.5) is 14.7 Å². The normalized spacial score (nSPS) is 15.4. The van der Waals surface area contributed by atoms with Crippen molar-refractivity contribution in [1.82, 2.24) is 24.5 Å². The van der Waals surface area contributed by atoms with E-state index in [1.54, 1.807) is 37.5 Å². The highest BCUT2D eigenvalue weighted by atomic mass is 35.5. The number of halogens is 3. The number of pyridine rings is 3. The Morgan fingerprint density at radius 3 is 2.72 bits per heavy atom. The average Bonchev–Trinajstić information content (AvgIpc) is 2.92. The molecule has 4 aromatic rings. The molecule has 1 aliphatic heterocycles. The molecule has 0 N–H and O–H groups in total. The highest BCUT2D eigenvalue weighted by molar-refractivity contribution is 6.31. The summed E-state index contributed by atoms with van der Waals surface area (Å²) in [7, 11) is 0. The standard InChI is InChI=1S/C27H25ClF2N6O3/c1-15-11-32-21(20-4-5-31-27(34-20)35-6-7-38-17(3)13-35)10-23(15)36-16(2)8-24(25(28)26(36)37)39-14-22-19(30)9-18(29)12-33-22/h4-5,8-12,17H,6-7,13-14H2,1-3H3/t17-/m0/s1. The van der Waals surface area contributed by atoms with Crippen molar-refractivity contribution in [3.05, 3.63) is 86.8 Å². The number of aromatic nitrogens is 5. The molecule has 5 heterocycles. The summed E-state index contributed by atoms with van der Waals surface area (Å²) in [6.07, 6.45) is 4.31. The Labute approximate surface area is 228 Å². The second-order valence-corrected chi connectivity index (χ2v) is 9.58. The number of aryl methyl sites for hydroxylation is 2. The van der Waals surface area contributed by atoms with E-state index in [2.05, 4.69) is 19.9 Å². The minimum Gasteiger partial charge on any atom is -0.485 e. The van der Waals surface area contributed by atoms with Gasteiger partial charge in [-0.1, -0.05) is 11.6 Å². The van der Waals surface area contributed by atoms with Gasteiger partial charge in [-0.2, -0.15) is 0 Å². The van der Waals surface area contributed by atoms with E-state index in [0.29, 0.717) is 54.5 Å². The fraction of sp³-hybridized carbons (Fsp3) is 0.296. The van der Waals surface area contributed by atoms with E-state index < -0.39 is 17.2 Å². The van der Waals surface area contributed by atoms with Crippen molar-refractivity contribution in [2.24, 2.45) is 0 Å². The second-order valence-electron chi connectivity index (χ2n) is 9.20. The zero-order chi connectivity index (χ0) is 27.7. The molecule has 12 heteroatoms. The van der Waals surface area contributed by atoms with Crippen LogP contribution in [0.1, 0.15) is 23.9 Å². The maximum absolute atomic E-state index is 14.0. The maximum atomic E-state index is 14.0. The number of rotatable bonds is 6. The van der Waals surface area contributed by atoms with E-state index in [-0.39, 0.29) is 29.2 Å². The largest absolute Gasteiger partial charge is 0.485 e. The van der Waals surface area contributed by atoms with Gasteiger partial charge < -0.3 is 14.4 Å². The van der Waals surface area contributed by atoms with E-state index in [4.69, 9.17) is 26.1 Å². The third-order valence-electron chi connectivity index (χ3n) is 6.29. The Morgan fingerprint density at radius 2 is 1.95 bits per heavy atom. The quantitative estimate of drug-likeness (QED) is 0.345. The van der Waals surface area contributed by atoms with Gasteiger partial charge in [0, 0.05) is 43.3 Å². The molecule has 4 aromatic heterocycles. The van der Waals surface area contributed by atoms with E-state index in [1.165, 1.54) is 4.57 Å². The monoisotopic (exact) mass is 554 g/mol. The van der Waals surface area contributed by atoms with Crippen LogP contribution in [0.3, 0.4) is 0 Å². The Hall–Kier alpha value is -3.96. The van der Waals surface area contributed by atoms with E-state index >= 15 is 0 Å². The summed E-state index contributed by atoms with van der Waals surface area (Å²) in [5, 5.41) is -0.188. The van der Waals surface area contributed by atoms with E-state index in [9.17, 15) is 13.6 Å².